The van der Waals surface area contributed by atoms with Crippen molar-refractivity contribution in [2.45, 2.75) is 83.5 Å². The van der Waals surface area contributed by atoms with E-state index in [2.05, 4.69) is 66.8 Å². The Balaban J connectivity index is 1.40. The van der Waals surface area contributed by atoms with Gasteiger partial charge in [-0.1, -0.05) is 92.5 Å². The molecule has 0 fully saturated rings. The molecule has 0 heterocycles. The fourth-order valence-electron chi connectivity index (χ4n) is 3.74. The lowest BCUT2D eigenvalue weighted by Crippen LogP contribution is -1.93. The Bertz CT molecular complexity index is 788. The van der Waals surface area contributed by atoms with Crippen LogP contribution in [0.3, 0.4) is 0 Å². The molecule has 0 unspecified atom stereocenters. The van der Waals surface area contributed by atoms with E-state index in [1.807, 2.05) is 0 Å². The van der Waals surface area contributed by atoms with E-state index in [0.717, 1.165) is 32.1 Å². The number of allylic oxidation sites excluding steroid dienone is 4. The third-order valence-electron chi connectivity index (χ3n) is 5.52. The molecule has 1 N–H and O–H groups in total. The summed E-state index contributed by atoms with van der Waals surface area (Å²) in [6, 6.07) is 15.4. The number of rotatable bonds is 16. The highest BCUT2D eigenvalue weighted by molar-refractivity contribution is 5.82. The number of unbranched alkanes of at least 4 members (excludes halogenated alkanes) is 8. The SMILES string of the molecule is O=C(O)CCCCCCC/C=C\C/C=C\CCCCCc1ccc2ccccc2c1. The van der Waals surface area contributed by atoms with Crippen molar-refractivity contribution in [3.05, 3.63) is 72.3 Å². The lowest BCUT2D eigenvalue weighted by molar-refractivity contribution is -0.137. The monoisotopic (exact) mass is 406 g/mol. The molecule has 0 saturated heterocycles. The van der Waals surface area contributed by atoms with Crippen LogP contribution < -0.4 is 0 Å². The lowest BCUT2D eigenvalue weighted by Gasteiger charge is -2.03. The van der Waals surface area contributed by atoms with Crippen LogP contribution in [0.2, 0.25) is 0 Å². The molecule has 2 heteroatoms. The predicted molar refractivity (Wildman–Crippen MR) is 129 cm³/mol. The third-order valence-corrected chi connectivity index (χ3v) is 5.52. The Morgan fingerprint density at radius 2 is 1.33 bits per heavy atom. The maximum Gasteiger partial charge on any atom is 0.303 e. The molecule has 0 aromatic heterocycles. The smallest absolute Gasteiger partial charge is 0.303 e. The van der Waals surface area contributed by atoms with Crippen molar-refractivity contribution in [3.63, 3.8) is 0 Å². The molecular weight excluding hydrogens is 368 g/mol. The summed E-state index contributed by atoms with van der Waals surface area (Å²) in [5.74, 6) is -0.674. The molecular formula is C28H38O2. The van der Waals surface area contributed by atoms with Crippen molar-refractivity contribution in [2.75, 3.05) is 0 Å². The number of benzene rings is 2. The second-order valence-electron chi connectivity index (χ2n) is 8.16. The molecule has 0 radical (unpaired) electrons. The molecule has 0 aliphatic carbocycles. The maximum atomic E-state index is 10.4. The fourth-order valence-corrected chi connectivity index (χ4v) is 3.74. The molecule has 0 aliphatic rings. The summed E-state index contributed by atoms with van der Waals surface area (Å²) in [5, 5.41) is 11.3. The number of aliphatic carboxylic acids is 1. The second-order valence-corrected chi connectivity index (χ2v) is 8.16. The first-order valence-corrected chi connectivity index (χ1v) is 11.7. The summed E-state index contributed by atoms with van der Waals surface area (Å²) in [4.78, 5) is 10.4. The van der Waals surface area contributed by atoms with Crippen LogP contribution in [-0.4, -0.2) is 11.1 Å². The van der Waals surface area contributed by atoms with Crippen LogP contribution >= 0.6 is 0 Å². The minimum Gasteiger partial charge on any atom is -0.481 e. The Morgan fingerprint density at radius 3 is 2.07 bits per heavy atom. The van der Waals surface area contributed by atoms with E-state index in [1.165, 1.54) is 61.3 Å². The number of carboxylic acids is 1. The summed E-state index contributed by atoms with van der Waals surface area (Å²) >= 11 is 0. The van der Waals surface area contributed by atoms with Gasteiger partial charge in [-0.3, -0.25) is 4.79 Å². The van der Waals surface area contributed by atoms with Gasteiger partial charge in [0.1, 0.15) is 0 Å². The first-order valence-electron chi connectivity index (χ1n) is 11.7. The van der Waals surface area contributed by atoms with Gasteiger partial charge < -0.3 is 5.11 Å². The topological polar surface area (TPSA) is 37.3 Å². The van der Waals surface area contributed by atoms with Gasteiger partial charge in [0.05, 0.1) is 0 Å². The highest BCUT2D eigenvalue weighted by Gasteiger charge is 1.97. The number of carboxylic acid groups (broad SMARTS) is 1. The van der Waals surface area contributed by atoms with Crippen molar-refractivity contribution < 1.29 is 9.90 Å². The Kier molecular flexibility index (Phi) is 12.3. The molecule has 2 nitrogen and oxygen atoms in total. The average molecular weight is 407 g/mol. The molecule has 2 rings (SSSR count). The quantitative estimate of drug-likeness (QED) is 0.225. The maximum absolute atomic E-state index is 10.4. The average Bonchev–Trinajstić information content (AvgIpc) is 2.75. The predicted octanol–water partition coefficient (Wildman–Crippen LogP) is 8.26. The zero-order valence-corrected chi connectivity index (χ0v) is 18.4. The summed E-state index contributed by atoms with van der Waals surface area (Å²) in [6.07, 6.45) is 23.3. The van der Waals surface area contributed by atoms with Crippen molar-refractivity contribution >= 4 is 16.7 Å². The molecule has 0 amide bonds. The lowest BCUT2D eigenvalue weighted by atomic mass is 10.0. The minimum absolute atomic E-state index is 0.316. The van der Waals surface area contributed by atoms with Gasteiger partial charge in [0.25, 0.3) is 0 Å². The van der Waals surface area contributed by atoms with Crippen LogP contribution in [0.1, 0.15) is 82.6 Å². The Morgan fingerprint density at radius 1 is 0.700 bits per heavy atom. The molecule has 0 saturated carbocycles. The highest BCUT2D eigenvalue weighted by Crippen LogP contribution is 2.17. The molecule has 0 atom stereocenters. The van der Waals surface area contributed by atoms with Gasteiger partial charge >= 0.3 is 5.97 Å². The van der Waals surface area contributed by atoms with Crippen LogP contribution in [0.5, 0.6) is 0 Å². The highest BCUT2D eigenvalue weighted by atomic mass is 16.4. The van der Waals surface area contributed by atoms with Gasteiger partial charge in [-0.15, -0.1) is 0 Å². The minimum atomic E-state index is -0.674. The first kappa shape index (κ1) is 23.9. The van der Waals surface area contributed by atoms with E-state index >= 15 is 0 Å². The Hall–Kier alpha value is -2.35. The summed E-state index contributed by atoms with van der Waals surface area (Å²) in [5.41, 5.74) is 1.45. The van der Waals surface area contributed by atoms with Crippen molar-refractivity contribution in [2.24, 2.45) is 0 Å². The van der Waals surface area contributed by atoms with Gasteiger partial charge in [0.2, 0.25) is 0 Å². The van der Waals surface area contributed by atoms with Gasteiger partial charge in [-0.25, -0.2) is 0 Å². The van der Waals surface area contributed by atoms with E-state index in [-0.39, 0.29) is 0 Å². The number of fused-ring (bicyclic) bond motifs is 1. The van der Waals surface area contributed by atoms with E-state index in [1.54, 1.807) is 0 Å². The summed E-state index contributed by atoms with van der Waals surface area (Å²) < 4.78 is 0. The van der Waals surface area contributed by atoms with Gasteiger partial charge in [-0.2, -0.15) is 0 Å². The van der Waals surface area contributed by atoms with Gasteiger partial charge in [0.15, 0.2) is 0 Å². The molecule has 2 aromatic carbocycles. The molecule has 0 aliphatic heterocycles. The van der Waals surface area contributed by atoms with Crippen LogP contribution in [0.25, 0.3) is 10.8 Å². The summed E-state index contributed by atoms with van der Waals surface area (Å²) in [7, 11) is 0. The zero-order valence-electron chi connectivity index (χ0n) is 18.4. The van der Waals surface area contributed by atoms with Crippen LogP contribution in [0.4, 0.5) is 0 Å². The fraction of sp³-hybridized carbons (Fsp3) is 0.464. The number of aryl methyl sites for hydroxylation is 1. The largest absolute Gasteiger partial charge is 0.481 e. The molecule has 0 spiro atoms. The van der Waals surface area contributed by atoms with E-state index in [9.17, 15) is 4.79 Å². The zero-order chi connectivity index (χ0) is 21.3. The standard InChI is InChI=1S/C28H38O2/c29-28(30)21-15-13-11-9-7-5-3-1-2-4-6-8-10-12-14-18-25-22-23-26-19-16-17-20-27(26)24-25/h1,3-4,6,16-17,19-20,22-24H,2,5,7-15,18,21H2,(H,29,30)/b3-1-,6-4-. The molecule has 162 valence electrons. The van der Waals surface area contributed by atoms with Crippen LogP contribution in [0.15, 0.2) is 66.8 Å². The molecule has 0 bridgehead atoms. The van der Waals surface area contributed by atoms with E-state index in [0.29, 0.717) is 6.42 Å². The third kappa shape index (κ3) is 11.0. The number of hydrogen-bond acceptors (Lipinski definition) is 1. The second kappa shape index (κ2) is 15.5. The Labute approximate surface area is 182 Å². The van der Waals surface area contributed by atoms with E-state index < -0.39 is 5.97 Å². The van der Waals surface area contributed by atoms with Crippen LogP contribution in [0, 0.1) is 0 Å². The van der Waals surface area contributed by atoms with Crippen molar-refractivity contribution in [1.82, 2.24) is 0 Å². The molecule has 2 aromatic rings. The van der Waals surface area contributed by atoms with Gasteiger partial charge in [-0.05, 0) is 67.7 Å². The summed E-state index contributed by atoms with van der Waals surface area (Å²) in [6.45, 7) is 0. The van der Waals surface area contributed by atoms with E-state index in [4.69, 9.17) is 5.11 Å². The number of hydrogen-bond donors (Lipinski definition) is 1. The van der Waals surface area contributed by atoms with Gasteiger partial charge in [0, 0.05) is 6.42 Å². The number of carbonyl (C=O) groups is 1. The normalized spacial score (nSPS) is 11.7. The van der Waals surface area contributed by atoms with Crippen molar-refractivity contribution in [1.29, 1.82) is 0 Å². The first-order chi connectivity index (χ1) is 14.8. The van der Waals surface area contributed by atoms with Crippen LogP contribution in [-0.2, 0) is 11.2 Å². The van der Waals surface area contributed by atoms with Crippen molar-refractivity contribution in [3.8, 4) is 0 Å². The molecule has 30 heavy (non-hydrogen) atoms.